The molecule has 2 N–H and O–H groups in total. The molecule has 0 spiro atoms. The summed E-state index contributed by atoms with van der Waals surface area (Å²) in [6.45, 7) is 2.16. The molecule has 0 unspecified atom stereocenters. The van der Waals surface area contributed by atoms with Crippen molar-refractivity contribution < 1.29 is 9.13 Å². The van der Waals surface area contributed by atoms with Crippen LogP contribution in [0.4, 0.5) is 10.1 Å². The van der Waals surface area contributed by atoms with Gasteiger partial charge in [0.05, 0.1) is 0 Å². The largest absolute Gasteiger partial charge is 0.492 e. The van der Waals surface area contributed by atoms with Crippen LogP contribution in [-0.2, 0) is 6.54 Å². The molecule has 2 rings (SSSR count). The number of likely N-dealkylation sites (N-methyl/N-ethyl adjacent to an activating group) is 1. The van der Waals surface area contributed by atoms with E-state index in [0.29, 0.717) is 6.61 Å². The molecule has 0 saturated carbocycles. The number of nitrogens with two attached hydrogens (primary N) is 1. The van der Waals surface area contributed by atoms with E-state index in [-0.39, 0.29) is 5.82 Å². The topological polar surface area (TPSA) is 38.5 Å². The third-order valence-corrected chi connectivity index (χ3v) is 2.99. The summed E-state index contributed by atoms with van der Waals surface area (Å²) in [6.07, 6.45) is 0. The second-order valence-corrected chi connectivity index (χ2v) is 4.78. The summed E-state index contributed by atoms with van der Waals surface area (Å²) in [4.78, 5) is 2.13. The van der Waals surface area contributed by atoms with Crippen molar-refractivity contribution in [3.05, 3.63) is 59.9 Å². The van der Waals surface area contributed by atoms with Crippen LogP contribution in [0.1, 0.15) is 5.56 Å². The van der Waals surface area contributed by atoms with Crippen molar-refractivity contribution in [3.63, 3.8) is 0 Å². The van der Waals surface area contributed by atoms with Gasteiger partial charge >= 0.3 is 0 Å². The summed E-state index contributed by atoms with van der Waals surface area (Å²) in [5.74, 6) is 0.609. The Labute approximate surface area is 118 Å². The lowest BCUT2D eigenvalue weighted by Crippen LogP contribution is -2.23. The highest BCUT2D eigenvalue weighted by Gasteiger charge is 2.01. The van der Waals surface area contributed by atoms with Crippen LogP contribution in [0.15, 0.2) is 48.5 Å². The summed E-state index contributed by atoms with van der Waals surface area (Å²) in [7, 11) is 2.01. The van der Waals surface area contributed by atoms with Crippen LogP contribution < -0.4 is 10.5 Å². The summed E-state index contributed by atoms with van der Waals surface area (Å²) in [5.41, 5.74) is 7.42. The zero-order valence-electron chi connectivity index (χ0n) is 11.6. The smallest absolute Gasteiger partial charge is 0.123 e. The number of anilines is 1. The van der Waals surface area contributed by atoms with Crippen molar-refractivity contribution in [2.75, 3.05) is 25.9 Å². The second-order valence-electron chi connectivity index (χ2n) is 4.78. The van der Waals surface area contributed by atoms with Gasteiger partial charge in [-0.25, -0.2) is 4.39 Å². The molecular formula is C16H19FN2O. The van der Waals surface area contributed by atoms with E-state index in [0.717, 1.165) is 30.1 Å². The molecule has 0 radical (unpaired) electrons. The molecule has 2 aromatic carbocycles. The molecule has 0 saturated heterocycles. The van der Waals surface area contributed by atoms with E-state index in [1.54, 1.807) is 12.1 Å². The van der Waals surface area contributed by atoms with E-state index >= 15 is 0 Å². The fraction of sp³-hybridized carbons (Fsp3) is 0.250. The zero-order valence-corrected chi connectivity index (χ0v) is 11.6. The lowest BCUT2D eigenvalue weighted by molar-refractivity contribution is 0.233. The molecule has 0 atom stereocenters. The van der Waals surface area contributed by atoms with Crippen LogP contribution in [0.2, 0.25) is 0 Å². The monoisotopic (exact) mass is 274 g/mol. The van der Waals surface area contributed by atoms with E-state index in [4.69, 9.17) is 10.5 Å². The van der Waals surface area contributed by atoms with Crippen molar-refractivity contribution in [1.29, 1.82) is 0 Å². The molecule has 0 aliphatic carbocycles. The van der Waals surface area contributed by atoms with Gasteiger partial charge < -0.3 is 10.5 Å². The fourth-order valence-corrected chi connectivity index (χ4v) is 1.86. The minimum absolute atomic E-state index is 0.205. The average molecular weight is 274 g/mol. The first-order valence-corrected chi connectivity index (χ1v) is 6.55. The normalized spacial score (nSPS) is 10.8. The van der Waals surface area contributed by atoms with Gasteiger partial charge in [-0.15, -0.1) is 0 Å². The van der Waals surface area contributed by atoms with Gasteiger partial charge in [-0.2, -0.15) is 0 Å². The first-order chi connectivity index (χ1) is 9.63. The van der Waals surface area contributed by atoms with Crippen molar-refractivity contribution in [2.24, 2.45) is 0 Å². The lowest BCUT2D eigenvalue weighted by atomic mass is 10.2. The Bertz CT molecular complexity index is 525. The van der Waals surface area contributed by atoms with E-state index in [1.807, 2.05) is 31.3 Å². The number of ether oxygens (including phenoxy) is 1. The van der Waals surface area contributed by atoms with Gasteiger partial charge in [0, 0.05) is 18.8 Å². The van der Waals surface area contributed by atoms with Crippen LogP contribution in [0, 0.1) is 5.82 Å². The maximum Gasteiger partial charge on any atom is 0.123 e. The van der Waals surface area contributed by atoms with Crippen molar-refractivity contribution in [2.45, 2.75) is 6.54 Å². The zero-order chi connectivity index (χ0) is 14.4. The Morgan fingerprint density at radius 2 is 1.70 bits per heavy atom. The predicted molar refractivity (Wildman–Crippen MR) is 79.1 cm³/mol. The number of rotatable bonds is 6. The van der Waals surface area contributed by atoms with Crippen molar-refractivity contribution in [1.82, 2.24) is 4.90 Å². The number of hydrogen-bond acceptors (Lipinski definition) is 3. The molecule has 2 aromatic rings. The van der Waals surface area contributed by atoms with Crippen LogP contribution in [0.5, 0.6) is 5.75 Å². The first kappa shape index (κ1) is 14.3. The van der Waals surface area contributed by atoms with Gasteiger partial charge in [-0.1, -0.05) is 12.1 Å². The second kappa shape index (κ2) is 6.91. The minimum Gasteiger partial charge on any atom is -0.492 e. The Morgan fingerprint density at radius 1 is 1.05 bits per heavy atom. The Hall–Kier alpha value is -2.07. The number of nitrogen functional groups attached to an aromatic ring is 1. The van der Waals surface area contributed by atoms with Crippen molar-refractivity contribution in [3.8, 4) is 5.75 Å². The number of halogens is 1. The molecule has 0 heterocycles. The van der Waals surface area contributed by atoms with E-state index in [9.17, 15) is 4.39 Å². The number of hydrogen-bond donors (Lipinski definition) is 1. The Balaban J connectivity index is 1.73. The van der Waals surface area contributed by atoms with Gasteiger partial charge in [0.15, 0.2) is 0 Å². The molecule has 106 valence electrons. The standard InChI is InChI=1S/C16H19FN2O/c1-19(12-13-2-4-14(17)5-3-13)10-11-20-16-8-6-15(18)7-9-16/h2-9H,10-12,18H2,1H3. The molecular weight excluding hydrogens is 255 g/mol. The highest BCUT2D eigenvalue weighted by Crippen LogP contribution is 2.13. The molecule has 3 nitrogen and oxygen atoms in total. The molecule has 4 heteroatoms. The summed E-state index contributed by atoms with van der Waals surface area (Å²) in [6, 6.07) is 13.9. The van der Waals surface area contributed by atoms with Crippen molar-refractivity contribution >= 4 is 5.69 Å². The number of nitrogens with zero attached hydrogens (tertiary/aromatic N) is 1. The SMILES string of the molecule is CN(CCOc1ccc(N)cc1)Cc1ccc(F)cc1. The lowest BCUT2D eigenvalue weighted by Gasteiger charge is -2.17. The highest BCUT2D eigenvalue weighted by atomic mass is 19.1. The van der Waals surface area contributed by atoms with E-state index < -0.39 is 0 Å². The third-order valence-electron chi connectivity index (χ3n) is 2.99. The fourth-order valence-electron chi connectivity index (χ4n) is 1.86. The van der Waals surface area contributed by atoms with Crippen LogP contribution >= 0.6 is 0 Å². The predicted octanol–water partition coefficient (Wildman–Crippen LogP) is 2.92. The van der Waals surface area contributed by atoms with E-state index in [1.165, 1.54) is 12.1 Å². The highest BCUT2D eigenvalue weighted by molar-refractivity contribution is 5.41. The molecule has 0 bridgehead atoms. The molecule has 0 fully saturated rings. The van der Waals surface area contributed by atoms with Gasteiger partial charge in [0.1, 0.15) is 18.2 Å². The summed E-state index contributed by atoms with van der Waals surface area (Å²) < 4.78 is 18.4. The average Bonchev–Trinajstić information content (AvgIpc) is 2.44. The Kier molecular flexibility index (Phi) is 4.96. The molecule has 0 aliphatic heterocycles. The minimum atomic E-state index is -0.205. The van der Waals surface area contributed by atoms with Crippen LogP contribution in [-0.4, -0.2) is 25.1 Å². The van der Waals surface area contributed by atoms with Gasteiger partial charge in [0.2, 0.25) is 0 Å². The Morgan fingerprint density at radius 3 is 2.35 bits per heavy atom. The molecule has 0 aliphatic rings. The third kappa shape index (κ3) is 4.55. The summed E-state index contributed by atoms with van der Waals surface area (Å²) in [5, 5.41) is 0. The molecule has 20 heavy (non-hydrogen) atoms. The van der Waals surface area contributed by atoms with Gasteiger partial charge in [-0.05, 0) is 49.0 Å². The quantitative estimate of drug-likeness (QED) is 0.823. The molecule has 0 amide bonds. The van der Waals surface area contributed by atoms with E-state index in [2.05, 4.69) is 4.90 Å². The summed E-state index contributed by atoms with van der Waals surface area (Å²) >= 11 is 0. The first-order valence-electron chi connectivity index (χ1n) is 6.55. The van der Waals surface area contributed by atoms with Crippen LogP contribution in [0.25, 0.3) is 0 Å². The maximum absolute atomic E-state index is 12.8. The van der Waals surface area contributed by atoms with Crippen LogP contribution in [0.3, 0.4) is 0 Å². The van der Waals surface area contributed by atoms with Gasteiger partial charge in [-0.3, -0.25) is 4.90 Å². The number of benzene rings is 2. The maximum atomic E-state index is 12.8. The van der Waals surface area contributed by atoms with Gasteiger partial charge in [0.25, 0.3) is 0 Å². The molecule has 0 aromatic heterocycles.